The second-order valence-corrected chi connectivity index (χ2v) is 19.1. The molecule has 61 heavy (non-hydrogen) atoms. The number of carbonyl (C=O) groups excluding carboxylic acids is 3. The highest BCUT2D eigenvalue weighted by molar-refractivity contribution is 8.00. The third kappa shape index (κ3) is 11.4. The van der Waals surface area contributed by atoms with Crippen LogP contribution in [0.3, 0.4) is 0 Å². The molecule has 0 saturated carbocycles. The lowest BCUT2D eigenvalue weighted by Crippen LogP contribution is -2.47. The number of urea groups is 1. The van der Waals surface area contributed by atoms with Gasteiger partial charge in [0.1, 0.15) is 5.82 Å². The number of fused-ring (bicyclic) bond motifs is 4. The summed E-state index contributed by atoms with van der Waals surface area (Å²) in [7, 11) is -3.86. The van der Waals surface area contributed by atoms with E-state index in [0.29, 0.717) is 81.9 Å². The molecule has 3 aromatic rings. The van der Waals surface area contributed by atoms with Crippen molar-refractivity contribution < 1.29 is 41.4 Å². The summed E-state index contributed by atoms with van der Waals surface area (Å²) in [5.41, 5.74) is 3.60. The van der Waals surface area contributed by atoms with Crippen LogP contribution in [0.5, 0.6) is 0 Å². The third-order valence-electron chi connectivity index (χ3n) is 11.8. The van der Waals surface area contributed by atoms with Crippen molar-refractivity contribution in [3.05, 3.63) is 83.7 Å². The molecule has 3 aromatic carbocycles. The Hall–Kier alpha value is -4.26. The topological polar surface area (TPSA) is 176 Å². The molecule has 4 amide bonds. The van der Waals surface area contributed by atoms with Crippen LogP contribution >= 0.6 is 11.8 Å². The van der Waals surface area contributed by atoms with Gasteiger partial charge in [0.15, 0.2) is 0 Å². The van der Waals surface area contributed by atoms with Crippen molar-refractivity contribution in [3.63, 3.8) is 0 Å². The van der Waals surface area contributed by atoms with E-state index in [-0.39, 0.29) is 65.6 Å². The first-order valence-electron chi connectivity index (χ1n) is 21.3. The number of carbonyl (C=O) groups is 3. The average Bonchev–Trinajstić information content (AvgIpc) is 3.97. The molecule has 6 atom stereocenters. The molecule has 0 bridgehead atoms. The zero-order valence-electron chi connectivity index (χ0n) is 34.5. The summed E-state index contributed by atoms with van der Waals surface area (Å²) in [4.78, 5) is 36.8. The highest BCUT2D eigenvalue weighted by Crippen LogP contribution is 2.49. The highest BCUT2D eigenvalue weighted by Gasteiger charge is 2.49. The Labute approximate surface area is 361 Å². The van der Waals surface area contributed by atoms with E-state index in [4.69, 9.17) is 14.2 Å². The molecule has 14 nitrogen and oxygen atoms in total. The Morgan fingerprint density at radius 3 is 2.39 bits per heavy atom. The number of thioether (sulfide) groups is 1. The van der Waals surface area contributed by atoms with Gasteiger partial charge in [0.2, 0.25) is 21.8 Å². The van der Waals surface area contributed by atoms with E-state index in [1.54, 1.807) is 46.8 Å². The van der Waals surface area contributed by atoms with Crippen LogP contribution in [0.4, 0.5) is 14.9 Å². The number of hydrogen-bond donors (Lipinski definition) is 5. The SMILES string of the molecule is Cc1ccc(S(=O)(=O)N2CC[C@@H]3[C@H](CNC(=O)CCOCCOCCOCCNC(=O)CCCC[C@@H]4SC[C@@H]5NC(=O)N[C@@H]54)Nc4ccc(-c5ccccc5F)cc4[C@@H]32)cc1. The normalized spacial score (nSPS) is 23.0. The van der Waals surface area contributed by atoms with Crippen LogP contribution in [0.15, 0.2) is 71.6 Å². The first-order valence-corrected chi connectivity index (χ1v) is 23.8. The quantitative estimate of drug-likeness (QED) is 0.0700. The van der Waals surface area contributed by atoms with Crippen LogP contribution < -0.4 is 26.6 Å². The number of unbranched alkanes of at least 4 members (excludes halogenated alkanes) is 1. The van der Waals surface area contributed by atoms with Gasteiger partial charge in [-0.2, -0.15) is 16.1 Å². The predicted molar refractivity (Wildman–Crippen MR) is 232 cm³/mol. The molecular formula is C44H57FN6O8S2. The van der Waals surface area contributed by atoms with Crippen molar-refractivity contribution in [2.45, 2.75) is 79.8 Å². The van der Waals surface area contributed by atoms with Crippen molar-refractivity contribution >= 4 is 45.3 Å². The summed E-state index contributed by atoms with van der Waals surface area (Å²) < 4.78 is 61.4. The summed E-state index contributed by atoms with van der Waals surface area (Å²) >= 11 is 1.88. The van der Waals surface area contributed by atoms with Gasteiger partial charge in [-0.1, -0.05) is 48.4 Å². The van der Waals surface area contributed by atoms with Crippen LogP contribution in [0.1, 0.15) is 55.7 Å². The molecule has 0 radical (unpaired) electrons. The van der Waals surface area contributed by atoms with Crippen LogP contribution in [-0.4, -0.2) is 119 Å². The van der Waals surface area contributed by atoms with E-state index in [1.165, 1.54) is 6.07 Å². The van der Waals surface area contributed by atoms with E-state index in [1.807, 2.05) is 36.9 Å². The first-order chi connectivity index (χ1) is 29.6. The van der Waals surface area contributed by atoms with Crippen LogP contribution in [-0.2, 0) is 33.8 Å². The zero-order chi connectivity index (χ0) is 42.8. The average molecular weight is 881 g/mol. The van der Waals surface area contributed by atoms with E-state index in [2.05, 4.69) is 26.6 Å². The number of benzene rings is 3. The van der Waals surface area contributed by atoms with Crippen LogP contribution in [0.25, 0.3) is 11.1 Å². The minimum atomic E-state index is -3.86. The molecule has 0 spiro atoms. The van der Waals surface area contributed by atoms with Crippen molar-refractivity contribution in [1.29, 1.82) is 0 Å². The summed E-state index contributed by atoms with van der Waals surface area (Å²) in [5, 5.41) is 15.8. The monoisotopic (exact) mass is 880 g/mol. The number of nitrogens with zero attached hydrogens (tertiary/aromatic N) is 1. The number of rotatable bonds is 22. The molecule has 0 aromatic heterocycles. The maximum Gasteiger partial charge on any atom is 0.315 e. The standard InChI is InChI=1S/C44H57FN6O8S2/c1-29-10-13-31(14-11-29)61(55,56)51-19-16-33-37(48-36-15-12-30(26-34(36)43(33)51)32-6-2-3-7-35(32)45)27-47-41(53)17-20-57-22-24-59-25-23-58-21-18-46-40(52)9-5-4-8-39-42-38(28-60-39)49-44(54)50-42/h2-3,6-7,10-15,26,33,37-39,42-43,48H,4-5,8-9,16-25,27-28H2,1H3,(H,46,52)(H,47,53)(H2,49,50,54)/t33-,37+,38+,39+,42+,43-/m1/s1. The van der Waals surface area contributed by atoms with Gasteiger partial charge in [-0.3, -0.25) is 9.59 Å². The summed E-state index contributed by atoms with van der Waals surface area (Å²) in [5.74, 6) is 0.267. The number of hydrogen-bond acceptors (Lipinski definition) is 10. The minimum Gasteiger partial charge on any atom is -0.380 e. The Morgan fingerprint density at radius 2 is 1.61 bits per heavy atom. The fourth-order valence-corrected chi connectivity index (χ4v) is 11.9. The molecule has 0 unspecified atom stereocenters. The zero-order valence-corrected chi connectivity index (χ0v) is 36.2. The van der Waals surface area contributed by atoms with Crippen LogP contribution in [0.2, 0.25) is 0 Å². The van der Waals surface area contributed by atoms with E-state index in [9.17, 15) is 27.2 Å². The Kier molecular flexibility index (Phi) is 15.6. The van der Waals surface area contributed by atoms with E-state index < -0.39 is 16.1 Å². The van der Waals surface area contributed by atoms with Gasteiger partial charge in [0.05, 0.1) is 62.7 Å². The number of ether oxygens (including phenoxy) is 3. The molecule has 4 aliphatic heterocycles. The van der Waals surface area contributed by atoms with Gasteiger partial charge in [0, 0.05) is 66.7 Å². The molecule has 17 heteroatoms. The van der Waals surface area contributed by atoms with Crippen molar-refractivity contribution in [3.8, 4) is 11.1 Å². The van der Waals surface area contributed by atoms with Crippen molar-refractivity contribution in [2.75, 3.05) is 70.3 Å². The summed E-state index contributed by atoms with van der Waals surface area (Å²) in [6.07, 6.45) is 3.95. The lowest BCUT2D eigenvalue weighted by atomic mass is 9.82. The van der Waals surface area contributed by atoms with Gasteiger partial charge in [0.25, 0.3) is 0 Å². The minimum absolute atomic E-state index is 0.00776. The Balaban J connectivity index is 0.775. The second-order valence-electron chi connectivity index (χ2n) is 16.0. The van der Waals surface area contributed by atoms with E-state index >= 15 is 0 Å². The summed E-state index contributed by atoms with van der Waals surface area (Å²) in [6, 6.07) is 18.6. The molecule has 7 rings (SSSR count). The maximum atomic E-state index is 14.9. The number of nitrogens with one attached hydrogen (secondary N) is 5. The number of aryl methyl sites for hydroxylation is 1. The number of amides is 4. The Bertz CT molecular complexity index is 2100. The van der Waals surface area contributed by atoms with Gasteiger partial charge in [-0.25, -0.2) is 17.6 Å². The van der Waals surface area contributed by atoms with Crippen LogP contribution in [0, 0.1) is 18.7 Å². The predicted octanol–water partition coefficient (Wildman–Crippen LogP) is 4.75. The van der Waals surface area contributed by atoms with Gasteiger partial charge >= 0.3 is 6.03 Å². The number of anilines is 1. The van der Waals surface area contributed by atoms with Gasteiger partial charge < -0.3 is 40.8 Å². The van der Waals surface area contributed by atoms with Gasteiger partial charge in [-0.05, 0) is 67.6 Å². The highest BCUT2D eigenvalue weighted by atomic mass is 32.2. The van der Waals surface area contributed by atoms with E-state index in [0.717, 1.165) is 41.8 Å². The largest absolute Gasteiger partial charge is 0.380 e. The fourth-order valence-electron chi connectivity index (χ4n) is 8.66. The lowest BCUT2D eigenvalue weighted by molar-refractivity contribution is -0.123. The number of halogens is 1. The molecule has 4 heterocycles. The molecule has 4 aliphatic rings. The fraction of sp³-hybridized carbons (Fsp3) is 0.523. The van der Waals surface area contributed by atoms with Crippen molar-refractivity contribution in [1.82, 2.24) is 25.6 Å². The Morgan fingerprint density at radius 1 is 0.869 bits per heavy atom. The third-order valence-corrected chi connectivity index (χ3v) is 15.2. The molecule has 5 N–H and O–H groups in total. The molecule has 0 aliphatic carbocycles. The molecule has 3 saturated heterocycles. The van der Waals surface area contributed by atoms with Crippen molar-refractivity contribution in [2.24, 2.45) is 5.92 Å². The first kappa shape index (κ1) is 44.8. The molecule has 330 valence electrons. The smallest absolute Gasteiger partial charge is 0.315 e. The maximum absolute atomic E-state index is 14.9. The second kappa shape index (κ2) is 21.2. The number of sulfonamides is 1. The summed E-state index contributed by atoms with van der Waals surface area (Å²) in [6.45, 7) is 4.98. The molecular weight excluding hydrogens is 824 g/mol. The molecule has 3 fully saturated rings. The lowest BCUT2D eigenvalue weighted by Gasteiger charge is -2.39. The van der Waals surface area contributed by atoms with Gasteiger partial charge in [-0.15, -0.1) is 0 Å².